The second-order valence-electron chi connectivity index (χ2n) is 7.19. The summed E-state index contributed by atoms with van der Waals surface area (Å²) in [5.74, 6) is -0.0803. The Morgan fingerprint density at radius 1 is 1.07 bits per heavy atom. The van der Waals surface area contributed by atoms with Crippen molar-refractivity contribution in [3.63, 3.8) is 0 Å². The molecule has 4 nitrogen and oxygen atoms in total. The van der Waals surface area contributed by atoms with Crippen molar-refractivity contribution in [2.75, 3.05) is 0 Å². The highest BCUT2D eigenvalue weighted by Crippen LogP contribution is 2.21. The minimum Gasteiger partial charge on any atom is -0.350 e. The van der Waals surface area contributed by atoms with E-state index in [1.807, 2.05) is 72.3 Å². The molecule has 29 heavy (non-hydrogen) atoms. The van der Waals surface area contributed by atoms with Gasteiger partial charge in [0.1, 0.15) is 6.54 Å². The van der Waals surface area contributed by atoms with Crippen molar-refractivity contribution in [3.8, 4) is 11.1 Å². The molecule has 0 unspecified atom stereocenters. The number of fused-ring (bicyclic) bond motifs is 1. The Balaban J connectivity index is 1.71. The second-order valence-corrected chi connectivity index (χ2v) is 8.19. The van der Waals surface area contributed by atoms with Crippen LogP contribution < -0.4 is 10.7 Å². The van der Waals surface area contributed by atoms with Crippen LogP contribution in [0.3, 0.4) is 0 Å². The van der Waals surface area contributed by atoms with Gasteiger partial charge >= 0.3 is 0 Å². The van der Waals surface area contributed by atoms with Crippen LogP contribution in [0.5, 0.6) is 0 Å². The van der Waals surface area contributed by atoms with Gasteiger partial charge in [0.2, 0.25) is 5.91 Å². The first-order valence-corrected chi connectivity index (χ1v) is 10.4. The molecule has 0 radical (unpaired) electrons. The maximum Gasteiger partial charge on any atom is 0.240 e. The van der Waals surface area contributed by atoms with Crippen LogP contribution >= 0.6 is 11.3 Å². The van der Waals surface area contributed by atoms with Crippen molar-refractivity contribution in [3.05, 3.63) is 92.4 Å². The van der Waals surface area contributed by atoms with Crippen LogP contribution in [-0.2, 0) is 17.9 Å². The molecule has 0 bridgehead atoms. The number of nitrogens with one attached hydrogen (secondary N) is 1. The number of benzene rings is 2. The molecule has 0 saturated heterocycles. The Morgan fingerprint density at radius 3 is 2.59 bits per heavy atom. The van der Waals surface area contributed by atoms with E-state index < -0.39 is 0 Å². The summed E-state index contributed by atoms with van der Waals surface area (Å²) < 4.78 is 1.88. The van der Waals surface area contributed by atoms with Crippen LogP contribution in [0.25, 0.3) is 22.0 Å². The Bertz CT molecular complexity index is 1240. The van der Waals surface area contributed by atoms with Crippen LogP contribution in [0.4, 0.5) is 0 Å². The Labute approximate surface area is 173 Å². The lowest BCUT2D eigenvalue weighted by molar-refractivity contribution is -0.121. The fourth-order valence-corrected chi connectivity index (χ4v) is 4.28. The largest absolute Gasteiger partial charge is 0.350 e. The summed E-state index contributed by atoms with van der Waals surface area (Å²) in [6.45, 7) is 4.71. The van der Waals surface area contributed by atoms with E-state index >= 15 is 0 Å². The number of amides is 1. The molecule has 2 aromatic carbocycles. The minimum atomic E-state index is -0.0803. The molecule has 0 aliphatic rings. The van der Waals surface area contributed by atoms with Gasteiger partial charge in [-0.05, 0) is 54.1 Å². The molecule has 1 N–H and O–H groups in total. The zero-order valence-corrected chi connectivity index (χ0v) is 17.3. The molecule has 0 aliphatic carbocycles. The van der Waals surface area contributed by atoms with Crippen molar-refractivity contribution < 1.29 is 4.79 Å². The average Bonchev–Trinajstić information content (AvgIpc) is 3.14. The molecule has 2 heterocycles. The van der Waals surface area contributed by atoms with Gasteiger partial charge in [0, 0.05) is 22.0 Å². The van der Waals surface area contributed by atoms with Crippen molar-refractivity contribution in [2.24, 2.45) is 0 Å². The molecule has 1 amide bonds. The number of carbonyl (C=O) groups excluding carboxylic acids is 1. The van der Waals surface area contributed by atoms with Gasteiger partial charge < -0.3 is 9.88 Å². The van der Waals surface area contributed by atoms with Crippen molar-refractivity contribution in [2.45, 2.75) is 26.9 Å². The smallest absolute Gasteiger partial charge is 0.240 e. The summed E-state index contributed by atoms with van der Waals surface area (Å²) in [4.78, 5) is 26.9. The van der Waals surface area contributed by atoms with Crippen LogP contribution in [0.15, 0.2) is 71.0 Å². The number of hydrogen-bond acceptors (Lipinski definition) is 3. The molecule has 0 saturated carbocycles. The molecule has 0 atom stereocenters. The minimum absolute atomic E-state index is 0.0166. The molecular formula is C24H22N2O2S. The van der Waals surface area contributed by atoms with Gasteiger partial charge in [0.05, 0.1) is 12.1 Å². The van der Waals surface area contributed by atoms with Crippen LogP contribution in [-0.4, -0.2) is 10.5 Å². The first-order chi connectivity index (χ1) is 14.0. The maximum absolute atomic E-state index is 13.1. The predicted octanol–water partition coefficient (Wildman–Crippen LogP) is 4.66. The molecule has 0 aliphatic heterocycles. The maximum atomic E-state index is 13.1. The first-order valence-electron chi connectivity index (χ1n) is 9.52. The van der Waals surface area contributed by atoms with Gasteiger partial charge in [-0.25, -0.2) is 0 Å². The van der Waals surface area contributed by atoms with Crippen LogP contribution in [0.1, 0.15) is 16.0 Å². The van der Waals surface area contributed by atoms with E-state index in [4.69, 9.17) is 0 Å². The van der Waals surface area contributed by atoms with Crippen molar-refractivity contribution in [1.82, 2.24) is 9.88 Å². The number of hydrogen-bond donors (Lipinski definition) is 1. The van der Waals surface area contributed by atoms with Gasteiger partial charge in [-0.3, -0.25) is 9.59 Å². The number of aromatic nitrogens is 1. The lowest BCUT2D eigenvalue weighted by Crippen LogP contribution is -2.28. The van der Waals surface area contributed by atoms with Crippen LogP contribution in [0, 0.1) is 13.8 Å². The lowest BCUT2D eigenvalue weighted by atomic mass is 10.0. The highest BCUT2D eigenvalue weighted by atomic mass is 32.1. The van der Waals surface area contributed by atoms with E-state index in [9.17, 15) is 9.59 Å². The van der Waals surface area contributed by atoms with Crippen molar-refractivity contribution >= 4 is 28.1 Å². The number of nitrogens with zero attached hydrogens (tertiary/aromatic N) is 1. The number of rotatable bonds is 5. The third-order valence-corrected chi connectivity index (χ3v) is 6.07. The second kappa shape index (κ2) is 8.05. The fraction of sp³-hybridized carbons (Fsp3) is 0.167. The monoisotopic (exact) mass is 402 g/mol. The number of pyridine rings is 1. The molecule has 5 heteroatoms. The van der Waals surface area contributed by atoms with E-state index in [1.54, 1.807) is 17.5 Å². The third kappa shape index (κ3) is 4.00. The zero-order chi connectivity index (χ0) is 20.4. The van der Waals surface area contributed by atoms with Gasteiger partial charge in [0.25, 0.3) is 0 Å². The summed E-state index contributed by atoms with van der Waals surface area (Å²) in [5, 5.41) is 5.65. The van der Waals surface area contributed by atoms with Gasteiger partial charge in [-0.15, -0.1) is 11.3 Å². The Hall–Kier alpha value is -3.18. The van der Waals surface area contributed by atoms with Gasteiger partial charge in [-0.1, -0.05) is 36.4 Å². The molecular weight excluding hydrogens is 380 g/mol. The normalized spacial score (nSPS) is 11.0. The van der Waals surface area contributed by atoms with Gasteiger partial charge in [-0.2, -0.15) is 0 Å². The van der Waals surface area contributed by atoms with E-state index in [0.29, 0.717) is 17.5 Å². The topological polar surface area (TPSA) is 51.1 Å². The summed E-state index contributed by atoms with van der Waals surface area (Å²) in [7, 11) is 0. The zero-order valence-electron chi connectivity index (χ0n) is 16.4. The van der Waals surface area contributed by atoms with Crippen molar-refractivity contribution in [1.29, 1.82) is 0 Å². The predicted molar refractivity (Wildman–Crippen MR) is 119 cm³/mol. The molecule has 4 aromatic rings. The SMILES string of the molecule is Cc1ccc2c(=O)c(-c3ccccc3)cn(CC(=O)NCc3sccc3C)c2c1. The van der Waals surface area contributed by atoms with Crippen LogP contribution in [0.2, 0.25) is 0 Å². The molecule has 4 rings (SSSR count). The average molecular weight is 403 g/mol. The summed E-state index contributed by atoms with van der Waals surface area (Å²) in [6, 6.07) is 17.4. The quantitative estimate of drug-likeness (QED) is 0.528. The first kappa shape index (κ1) is 19.2. The van der Waals surface area contributed by atoms with E-state index in [1.165, 1.54) is 5.56 Å². The molecule has 0 fully saturated rings. The van der Waals surface area contributed by atoms with Gasteiger partial charge in [0.15, 0.2) is 5.43 Å². The highest BCUT2D eigenvalue weighted by Gasteiger charge is 2.13. The Morgan fingerprint density at radius 2 is 1.86 bits per heavy atom. The molecule has 0 spiro atoms. The number of carbonyl (C=O) groups is 1. The van der Waals surface area contributed by atoms with E-state index in [2.05, 4.69) is 11.4 Å². The highest BCUT2D eigenvalue weighted by molar-refractivity contribution is 7.10. The summed E-state index contributed by atoms with van der Waals surface area (Å²) in [6.07, 6.45) is 1.80. The summed E-state index contributed by atoms with van der Waals surface area (Å²) >= 11 is 1.64. The van der Waals surface area contributed by atoms with E-state index in [-0.39, 0.29) is 17.9 Å². The third-order valence-electron chi connectivity index (χ3n) is 5.05. The number of thiophene rings is 1. The standard InChI is InChI=1S/C24H22N2O2S/c1-16-8-9-19-21(12-16)26(14-20(24(19)28)18-6-4-3-5-7-18)15-23(27)25-13-22-17(2)10-11-29-22/h3-12,14H,13,15H2,1-2H3,(H,25,27). The lowest BCUT2D eigenvalue weighted by Gasteiger charge is -2.14. The molecule has 146 valence electrons. The summed E-state index contributed by atoms with van der Waals surface area (Å²) in [5.41, 5.74) is 4.44. The van der Waals surface area contributed by atoms with E-state index in [0.717, 1.165) is 21.5 Å². The number of aryl methyl sites for hydroxylation is 2. The fourth-order valence-electron chi connectivity index (χ4n) is 3.43. The molecule has 2 aromatic heterocycles. The Kier molecular flexibility index (Phi) is 5.32.